The maximum Gasteiger partial charge on any atom is 0.253 e. The maximum absolute atomic E-state index is 12.3. The third-order valence-electron chi connectivity index (χ3n) is 3.30. The molecule has 2 heterocycles. The molecule has 2 rings (SSSR count). The SMILES string of the molecule is CCc1cc(C(=O)N(C)CC2CCCO2)cc(Cl)n1. The Morgan fingerprint density at radius 2 is 2.37 bits per heavy atom. The van der Waals surface area contributed by atoms with Gasteiger partial charge >= 0.3 is 0 Å². The fourth-order valence-corrected chi connectivity index (χ4v) is 2.48. The molecule has 1 aromatic rings. The summed E-state index contributed by atoms with van der Waals surface area (Å²) in [6, 6.07) is 3.43. The van der Waals surface area contributed by atoms with E-state index in [1.807, 2.05) is 6.92 Å². The van der Waals surface area contributed by atoms with Crippen molar-refractivity contribution >= 4 is 17.5 Å². The number of hydrogen-bond acceptors (Lipinski definition) is 3. The number of rotatable bonds is 4. The average Bonchev–Trinajstić information content (AvgIpc) is 2.89. The lowest BCUT2D eigenvalue weighted by molar-refractivity contribution is 0.0587. The standard InChI is InChI=1S/C14H19ClN2O2/c1-3-11-7-10(8-13(15)16-11)14(18)17(2)9-12-5-4-6-19-12/h7-8,12H,3-6,9H2,1-2H3. The zero-order valence-electron chi connectivity index (χ0n) is 11.4. The molecule has 1 atom stereocenters. The van der Waals surface area contributed by atoms with Gasteiger partial charge in [0.15, 0.2) is 0 Å². The molecule has 1 amide bonds. The van der Waals surface area contributed by atoms with Gasteiger partial charge in [0.1, 0.15) is 5.15 Å². The van der Waals surface area contributed by atoms with Crippen LogP contribution >= 0.6 is 11.6 Å². The topological polar surface area (TPSA) is 42.4 Å². The lowest BCUT2D eigenvalue weighted by atomic mass is 10.1. The van der Waals surface area contributed by atoms with Crippen molar-refractivity contribution < 1.29 is 9.53 Å². The van der Waals surface area contributed by atoms with Gasteiger partial charge in [0.2, 0.25) is 0 Å². The van der Waals surface area contributed by atoms with Crippen LogP contribution in [0.15, 0.2) is 12.1 Å². The fraction of sp³-hybridized carbons (Fsp3) is 0.571. The van der Waals surface area contributed by atoms with Gasteiger partial charge in [-0.15, -0.1) is 0 Å². The number of nitrogens with zero attached hydrogens (tertiary/aromatic N) is 2. The Morgan fingerprint density at radius 3 is 3.00 bits per heavy atom. The molecule has 1 saturated heterocycles. The Labute approximate surface area is 118 Å². The largest absolute Gasteiger partial charge is 0.376 e. The molecule has 5 heteroatoms. The van der Waals surface area contributed by atoms with E-state index in [1.54, 1.807) is 24.1 Å². The summed E-state index contributed by atoms with van der Waals surface area (Å²) >= 11 is 5.94. The van der Waals surface area contributed by atoms with Gasteiger partial charge in [-0.3, -0.25) is 4.79 Å². The van der Waals surface area contributed by atoms with Gasteiger partial charge in [-0.1, -0.05) is 18.5 Å². The second-order valence-electron chi connectivity index (χ2n) is 4.84. The van der Waals surface area contributed by atoms with E-state index >= 15 is 0 Å². The van der Waals surface area contributed by atoms with Crippen LogP contribution in [-0.2, 0) is 11.2 Å². The van der Waals surface area contributed by atoms with E-state index in [0.717, 1.165) is 31.6 Å². The van der Waals surface area contributed by atoms with Crippen molar-refractivity contribution in [2.24, 2.45) is 0 Å². The first-order valence-corrected chi connectivity index (χ1v) is 7.01. The smallest absolute Gasteiger partial charge is 0.253 e. The molecule has 0 N–H and O–H groups in total. The number of carbonyl (C=O) groups is 1. The van der Waals surface area contributed by atoms with Crippen molar-refractivity contribution in [3.8, 4) is 0 Å². The van der Waals surface area contributed by atoms with Crippen LogP contribution in [0.25, 0.3) is 0 Å². The van der Waals surface area contributed by atoms with Crippen molar-refractivity contribution in [2.45, 2.75) is 32.3 Å². The number of halogens is 1. The van der Waals surface area contributed by atoms with Crippen molar-refractivity contribution in [3.05, 3.63) is 28.5 Å². The predicted octanol–water partition coefficient (Wildman–Crippen LogP) is 2.55. The van der Waals surface area contributed by atoms with Crippen molar-refractivity contribution in [2.75, 3.05) is 20.2 Å². The van der Waals surface area contributed by atoms with Crippen LogP contribution in [0.1, 0.15) is 35.8 Å². The van der Waals surface area contributed by atoms with Crippen LogP contribution in [0.2, 0.25) is 5.15 Å². The Kier molecular flexibility index (Phi) is 4.77. The first-order chi connectivity index (χ1) is 9.10. The van der Waals surface area contributed by atoms with E-state index in [0.29, 0.717) is 17.3 Å². The highest BCUT2D eigenvalue weighted by molar-refractivity contribution is 6.29. The average molecular weight is 283 g/mol. The van der Waals surface area contributed by atoms with Gasteiger partial charge in [0.25, 0.3) is 5.91 Å². The Morgan fingerprint density at radius 1 is 1.58 bits per heavy atom. The van der Waals surface area contributed by atoms with Crippen LogP contribution in [-0.4, -0.2) is 42.1 Å². The first-order valence-electron chi connectivity index (χ1n) is 6.63. The summed E-state index contributed by atoms with van der Waals surface area (Å²) in [6.07, 6.45) is 3.02. The zero-order valence-corrected chi connectivity index (χ0v) is 12.1. The molecule has 0 radical (unpaired) electrons. The van der Waals surface area contributed by atoms with E-state index in [9.17, 15) is 4.79 Å². The first kappa shape index (κ1) is 14.3. The zero-order chi connectivity index (χ0) is 13.8. The molecule has 0 aliphatic carbocycles. The number of carbonyl (C=O) groups excluding carboxylic acids is 1. The Hall–Kier alpha value is -1.13. The van der Waals surface area contributed by atoms with Gasteiger partial charge in [0, 0.05) is 31.5 Å². The number of aryl methyl sites for hydroxylation is 1. The van der Waals surface area contributed by atoms with E-state index in [-0.39, 0.29) is 12.0 Å². The molecule has 0 bridgehead atoms. The molecule has 1 aliphatic rings. The molecule has 1 unspecified atom stereocenters. The number of hydrogen-bond donors (Lipinski definition) is 0. The molecule has 1 aromatic heterocycles. The van der Waals surface area contributed by atoms with Gasteiger partial charge in [-0.05, 0) is 31.4 Å². The summed E-state index contributed by atoms with van der Waals surface area (Å²) in [5.74, 6) is -0.0329. The minimum Gasteiger partial charge on any atom is -0.376 e. The highest BCUT2D eigenvalue weighted by Gasteiger charge is 2.21. The van der Waals surface area contributed by atoms with Gasteiger partial charge in [-0.25, -0.2) is 4.98 Å². The van der Waals surface area contributed by atoms with Gasteiger partial charge in [-0.2, -0.15) is 0 Å². The molecule has 19 heavy (non-hydrogen) atoms. The normalized spacial score (nSPS) is 18.6. The lowest BCUT2D eigenvalue weighted by Crippen LogP contribution is -2.34. The summed E-state index contributed by atoms with van der Waals surface area (Å²) in [5.41, 5.74) is 1.43. The summed E-state index contributed by atoms with van der Waals surface area (Å²) in [6.45, 7) is 3.41. The molecule has 1 aliphatic heterocycles. The monoisotopic (exact) mass is 282 g/mol. The molecule has 0 aromatic carbocycles. The van der Waals surface area contributed by atoms with E-state index < -0.39 is 0 Å². The van der Waals surface area contributed by atoms with Crippen LogP contribution < -0.4 is 0 Å². The van der Waals surface area contributed by atoms with Crippen LogP contribution in [0.5, 0.6) is 0 Å². The van der Waals surface area contributed by atoms with Crippen LogP contribution in [0.4, 0.5) is 0 Å². The Balaban J connectivity index is 2.07. The number of pyridine rings is 1. The molecular weight excluding hydrogens is 264 g/mol. The van der Waals surface area contributed by atoms with Crippen LogP contribution in [0, 0.1) is 0 Å². The summed E-state index contributed by atoms with van der Waals surface area (Å²) in [5, 5.41) is 0.369. The molecule has 0 saturated carbocycles. The summed E-state index contributed by atoms with van der Waals surface area (Å²) in [7, 11) is 1.80. The maximum atomic E-state index is 12.3. The third kappa shape index (κ3) is 3.67. The summed E-state index contributed by atoms with van der Waals surface area (Å²) < 4.78 is 5.55. The molecular formula is C14H19ClN2O2. The van der Waals surface area contributed by atoms with Crippen molar-refractivity contribution in [3.63, 3.8) is 0 Å². The number of likely N-dealkylation sites (N-methyl/N-ethyl adjacent to an activating group) is 1. The van der Waals surface area contributed by atoms with E-state index in [1.165, 1.54) is 0 Å². The highest BCUT2D eigenvalue weighted by atomic mass is 35.5. The predicted molar refractivity (Wildman–Crippen MR) is 74.6 cm³/mol. The molecule has 104 valence electrons. The fourth-order valence-electron chi connectivity index (χ4n) is 2.25. The minimum atomic E-state index is -0.0329. The van der Waals surface area contributed by atoms with Gasteiger partial charge in [0.05, 0.1) is 6.10 Å². The quantitative estimate of drug-likeness (QED) is 0.797. The molecule has 1 fully saturated rings. The second-order valence-corrected chi connectivity index (χ2v) is 5.23. The lowest BCUT2D eigenvalue weighted by Gasteiger charge is -2.21. The van der Waals surface area contributed by atoms with E-state index in [4.69, 9.17) is 16.3 Å². The highest BCUT2D eigenvalue weighted by Crippen LogP contribution is 2.16. The molecule has 0 spiro atoms. The Bertz CT molecular complexity index is 459. The number of amides is 1. The molecule has 4 nitrogen and oxygen atoms in total. The van der Waals surface area contributed by atoms with Crippen molar-refractivity contribution in [1.29, 1.82) is 0 Å². The third-order valence-corrected chi connectivity index (χ3v) is 3.50. The second kappa shape index (κ2) is 6.35. The van der Waals surface area contributed by atoms with Crippen LogP contribution in [0.3, 0.4) is 0 Å². The number of ether oxygens (including phenoxy) is 1. The number of aromatic nitrogens is 1. The summed E-state index contributed by atoms with van der Waals surface area (Å²) in [4.78, 5) is 18.2. The van der Waals surface area contributed by atoms with E-state index in [2.05, 4.69) is 4.98 Å². The van der Waals surface area contributed by atoms with Crippen molar-refractivity contribution in [1.82, 2.24) is 9.88 Å². The van der Waals surface area contributed by atoms with Gasteiger partial charge < -0.3 is 9.64 Å². The minimum absolute atomic E-state index is 0.0329.